The molecule has 0 aliphatic rings. The third-order valence-corrected chi connectivity index (χ3v) is 2.92. The van der Waals surface area contributed by atoms with Gasteiger partial charge in [-0.15, -0.1) is 0 Å². The summed E-state index contributed by atoms with van der Waals surface area (Å²) in [6, 6.07) is 3.50. The lowest BCUT2D eigenvalue weighted by atomic mass is 10.0. The summed E-state index contributed by atoms with van der Waals surface area (Å²) in [5.74, 6) is 0.197. The second-order valence-electron chi connectivity index (χ2n) is 3.94. The second-order valence-corrected chi connectivity index (χ2v) is 3.94. The number of methoxy groups -OCH3 is 2. The van der Waals surface area contributed by atoms with Gasteiger partial charge >= 0.3 is 5.97 Å². The number of aromatic nitrogens is 2. The third kappa shape index (κ3) is 2.12. The van der Waals surface area contributed by atoms with E-state index >= 15 is 0 Å². The number of carboxylic acid groups (broad SMARTS) is 1. The Kier molecular flexibility index (Phi) is 3.41. The summed E-state index contributed by atoms with van der Waals surface area (Å²) in [5, 5.41) is 15.6. The molecule has 0 aliphatic carbocycles. The Balaban J connectivity index is 2.65. The number of nitrogens with zero attached hydrogens (tertiary/aromatic N) is 1. The number of aromatic carboxylic acids is 1. The van der Waals surface area contributed by atoms with Gasteiger partial charge in [-0.1, -0.05) is 0 Å². The van der Waals surface area contributed by atoms with Crippen LogP contribution in [0.1, 0.15) is 15.9 Å². The van der Waals surface area contributed by atoms with Gasteiger partial charge in [-0.25, -0.2) is 4.79 Å². The molecule has 2 N–H and O–H groups in total. The van der Waals surface area contributed by atoms with E-state index in [4.69, 9.17) is 14.6 Å². The van der Waals surface area contributed by atoms with Crippen LogP contribution in [-0.4, -0.2) is 35.5 Å². The number of rotatable bonds is 4. The van der Waals surface area contributed by atoms with E-state index in [9.17, 15) is 4.79 Å². The number of ether oxygens (including phenoxy) is 2. The molecule has 6 heteroatoms. The topological polar surface area (TPSA) is 84.4 Å². The molecule has 0 saturated heterocycles. The fourth-order valence-corrected chi connectivity index (χ4v) is 2.01. The molecule has 1 aromatic heterocycles. The lowest BCUT2D eigenvalue weighted by Gasteiger charge is -2.13. The maximum atomic E-state index is 11.1. The van der Waals surface area contributed by atoms with Crippen molar-refractivity contribution in [3.05, 3.63) is 29.5 Å². The zero-order chi connectivity index (χ0) is 14.0. The van der Waals surface area contributed by atoms with Crippen LogP contribution in [0.25, 0.3) is 11.3 Å². The highest BCUT2D eigenvalue weighted by Crippen LogP contribution is 2.38. The number of aromatic amines is 1. The zero-order valence-corrected chi connectivity index (χ0v) is 10.9. The quantitative estimate of drug-likeness (QED) is 0.881. The van der Waals surface area contributed by atoms with Gasteiger partial charge in [-0.05, 0) is 19.1 Å². The molecule has 1 aromatic carbocycles. The van der Waals surface area contributed by atoms with E-state index in [0.717, 1.165) is 5.56 Å². The Bertz CT molecular complexity index is 619. The SMILES string of the molecule is COc1ccc(-c2[nH]ncc2C(=O)O)c(OC)c1C. The molecule has 2 rings (SSSR count). The first-order valence-corrected chi connectivity index (χ1v) is 5.58. The fraction of sp³-hybridized carbons (Fsp3) is 0.231. The van der Waals surface area contributed by atoms with Crippen molar-refractivity contribution < 1.29 is 19.4 Å². The first kappa shape index (κ1) is 12.9. The average molecular weight is 262 g/mol. The van der Waals surface area contributed by atoms with Gasteiger partial charge in [0.05, 0.1) is 26.1 Å². The van der Waals surface area contributed by atoms with Crippen molar-refractivity contribution in [1.29, 1.82) is 0 Å². The van der Waals surface area contributed by atoms with Crippen LogP contribution in [-0.2, 0) is 0 Å². The molecule has 0 saturated carbocycles. The minimum atomic E-state index is -1.04. The number of benzene rings is 1. The molecule has 19 heavy (non-hydrogen) atoms. The number of hydrogen-bond acceptors (Lipinski definition) is 4. The van der Waals surface area contributed by atoms with Crippen molar-refractivity contribution in [2.24, 2.45) is 0 Å². The molecule has 0 atom stereocenters. The lowest BCUT2D eigenvalue weighted by molar-refractivity contribution is 0.0698. The maximum Gasteiger partial charge on any atom is 0.339 e. The molecule has 2 aromatic rings. The molecule has 0 amide bonds. The number of H-pyrrole nitrogens is 1. The molecule has 0 fully saturated rings. The molecule has 1 heterocycles. The van der Waals surface area contributed by atoms with Gasteiger partial charge in [0.15, 0.2) is 0 Å². The van der Waals surface area contributed by atoms with Gasteiger partial charge in [0, 0.05) is 11.1 Å². The summed E-state index contributed by atoms with van der Waals surface area (Å²) >= 11 is 0. The Morgan fingerprint density at radius 1 is 1.32 bits per heavy atom. The normalized spacial score (nSPS) is 10.3. The average Bonchev–Trinajstić information content (AvgIpc) is 2.87. The summed E-state index contributed by atoms with van der Waals surface area (Å²) in [7, 11) is 3.10. The standard InChI is InChI=1S/C13H14N2O4/c1-7-10(18-2)5-4-8(12(7)19-3)11-9(13(16)17)6-14-15-11/h4-6H,1-3H3,(H,14,15)(H,16,17). The van der Waals surface area contributed by atoms with Gasteiger partial charge in [0.1, 0.15) is 17.1 Å². The number of carboxylic acids is 1. The summed E-state index contributed by atoms with van der Waals surface area (Å²) in [4.78, 5) is 11.1. The van der Waals surface area contributed by atoms with Crippen molar-refractivity contribution >= 4 is 5.97 Å². The van der Waals surface area contributed by atoms with Gasteiger partial charge < -0.3 is 14.6 Å². The van der Waals surface area contributed by atoms with E-state index < -0.39 is 5.97 Å². The fourth-order valence-electron chi connectivity index (χ4n) is 2.01. The van der Waals surface area contributed by atoms with Crippen LogP contribution in [0, 0.1) is 6.92 Å². The molecule has 0 bridgehead atoms. The van der Waals surface area contributed by atoms with E-state index in [2.05, 4.69) is 10.2 Å². The zero-order valence-electron chi connectivity index (χ0n) is 10.9. The highest BCUT2D eigenvalue weighted by molar-refractivity contribution is 5.95. The molecule has 0 unspecified atom stereocenters. The smallest absolute Gasteiger partial charge is 0.339 e. The number of hydrogen-bond donors (Lipinski definition) is 2. The van der Waals surface area contributed by atoms with Crippen LogP contribution in [0.2, 0.25) is 0 Å². The Hall–Kier alpha value is -2.50. The molecule has 0 radical (unpaired) electrons. The molecular weight excluding hydrogens is 248 g/mol. The summed E-state index contributed by atoms with van der Waals surface area (Å²) in [6.45, 7) is 1.85. The Morgan fingerprint density at radius 2 is 2.05 bits per heavy atom. The van der Waals surface area contributed by atoms with Crippen LogP contribution < -0.4 is 9.47 Å². The van der Waals surface area contributed by atoms with Gasteiger partial charge in [-0.2, -0.15) is 5.10 Å². The van der Waals surface area contributed by atoms with Crippen LogP contribution in [0.3, 0.4) is 0 Å². The first-order chi connectivity index (χ1) is 9.10. The summed E-state index contributed by atoms with van der Waals surface area (Å²) in [5.41, 5.74) is 1.95. The predicted molar refractivity (Wildman–Crippen MR) is 68.8 cm³/mol. The summed E-state index contributed by atoms with van der Waals surface area (Å²) in [6.07, 6.45) is 1.27. The monoisotopic (exact) mass is 262 g/mol. The highest BCUT2D eigenvalue weighted by Gasteiger charge is 2.19. The van der Waals surface area contributed by atoms with Crippen LogP contribution >= 0.6 is 0 Å². The van der Waals surface area contributed by atoms with E-state index in [1.165, 1.54) is 13.3 Å². The Morgan fingerprint density at radius 3 is 2.63 bits per heavy atom. The van der Waals surface area contributed by atoms with E-state index in [1.54, 1.807) is 19.2 Å². The van der Waals surface area contributed by atoms with Crippen molar-refractivity contribution in [3.8, 4) is 22.8 Å². The van der Waals surface area contributed by atoms with Gasteiger partial charge in [0.25, 0.3) is 0 Å². The highest BCUT2D eigenvalue weighted by atomic mass is 16.5. The van der Waals surface area contributed by atoms with Gasteiger partial charge in [-0.3, -0.25) is 5.10 Å². The van der Waals surface area contributed by atoms with E-state index in [1.807, 2.05) is 6.92 Å². The number of nitrogens with one attached hydrogen (secondary N) is 1. The second kappa shape index (κ2) is 5.01. The first-order valence-electron chi connectivity index (χ1n) is 5.58. The largest absolute Gasteiger partial charge is 0.496 e. The molecule has 100 valence electrons. The van der Waals surface area contributed by atoms with Crippen molar-refractivity contribution in [2.75, 3.05) is 14.2 Å². The van der Waals surface area contributed by atoms with Crippen LogP contribution in [0.5, 0.6) is 11.5 Å². The summed E-state index contributed by atoms with van der Waals surface area (Å²) < 4.78 is 10.6. The van der Waals surface area contributed by atoms with Crippen molar-refractivity contribution in [3.63, 3.8) is 0 Å². The van der Waals surface area contributed by atoms with Crippen LogP contribution in [0.4, 0.5) is 0 Å². The van der Waals surface area contributed by atoms with Crippen molar-refractivity contribution in [2.45, 2.75) is 6.92 Å². The van der Waals surface area contributed by atoms with E-state index in [-0.39, 0.29) is 5.56 Å². The molecule has 0 spiro atoms. The lowest BCUT2D eigenvalue weighted by Crippen LogP contribution is -2.00. The number of carbonyl (C=O) groups is 1. The van der Waals surface area contributed by atoms with Crippen LogP contribution in [0.15, 0.2) is 18.3 Å². The van der Waals surface area contributed by atoms with Crippen molar-refractivity contribution in [1.82, 2.24) is 10.2 Å². The minimum Gasteiger partial charge on any atom is -0.496 e. The molecule has 0 aliphatic heterocycles. The molecule has 6 nitrogen and oxygen atoms in total. The minimum absolute atomic E-state index is 0.0999. The van der Waals surface area contributed by atoms with E-state index in [0.29, 0.717) is 22.8 Å². The van der Waals surface area contributed by atoms with Gasteiger partial charge in [0.2, 0.25) is 0 Å². The maximum absolute atomic E-state index is 11.1. The third-order valence-electron chi connectivity index (χ3n) is 2.92. The molecular formula is C13H14N2O4. The predicted octanol–water partition coefficient (Wildman–Crippen LogP) is 2.10. The Labute approximate surface area is 110 Å².